The maximum absolute atomic E-state index is 12.4. The number of urea groups is 1. The molecule has 14 heteroatoms. The van der Waals surface area contributed by atoms with Gasteiger partial charge in [-0.25, -0.2) is 24.2 Å². The van der Waals surface area contributed by atoms with E-state index in [4.69, 9.17) is 5.73 Å². The number of benzene rings is 3. The van der Waals surface area contributed by atoms with Gasteiger partial charge in [0.2, 0.25) is 0 Å². The number of guanidine groups is 1. The fourth-order valence-corrected chi connectivity index (χ4v) is 5.27. The Labute approximate surface area is 263 Å². The molecule has 4 aromatic rings. The van der Waals surface area contributed by atoms with E-state index in [9.17, 15) is 18.0 Å². The summed E-state index contributed by atoms with van der Waals surface area (Å²) < 4.78 is 45.8. The number of nitrogens with two attached hydrogens (primary N) is 1. The van der Waals surface area contributed by atoms with Crippen molar-refractivity contribution < 1.29 is 22.7 Å². The zero-order valence-corrected chi connectivity index (χ0v) is 25.9. The third kappa shape index (κ3) is 10.5. The van der Waals surface area contributed by atoms with E-state index in [1.54, 1.807) is 0 Å². The van der Waals surface area contributed by atoms with Gasteiger partial charge in [-0.1, -0.05) is 44.2 Å². The molecule has 5 N–H and O–H groups in total. The van der Waals surface area contributed by atoms with Crippen molar-refractivity contribution in [3.8, 4) is 22.8 Å². The molecule has 238 valence electrons. The first-order valence-corrected chi connectivity index (χ1v) is 15.0. The van der Waals surface area contributed by atoms with Crippen molar-refractivity contribution in [3.05, 3.63) is 89.7 Å². The Balaban J connectivity index is 1.19. The molecule has 4 rings (SSSR count). The molecule has 45 heavy (non-hydrogen) atoms. The number of hydrogen-bond acceptors (Lipinski definition) is 7. The SMILES string of the molecule is Cc1ccc(C(C)C)c(SNCN=C(N)NC(=O)NCCCc2cccc(-c3ncn(-c4ccc(OC(F)(F)F)cc4)n3)c2)c1. The van der Waals surface area contributed by atoms with Gasteiger partial charge in [0, 0.05) is 17.0 Å². The van der Waals surface area contributed by atoms with Gasteiger partial charge >= 0.3 is 12.4 Å². The molecule has 0 saturated heterocycles. The van der Waals surface area contributed by atoms with E-state index < -0.39 is 12.4 Å². The number of alkyl halides is 3. The molecule has 0 aliphatic carbocycles. The Morgan fingerprint density at radius 3 is 2.62 bits per heavy atom. The van der Waals surface area contributed by atoms with E-state index in [1.807, 2.05) is 24.3 Å². The van der Waals surface area contributed by atoms with Crippen LogP contribution in [0, 0.1) is 6.92 Å². The fraction of sp³-hybridized carbons (Fsp3) is 0.290. The highest BCUT2D eigenvalue weighted by Gasteiger charge is 2.31. The third-order valence-corrected chi connectivity index (χ3v) is 7.32. The van der Waals surface area contributed by atoms with Crippen molar-refractivity contribution in [3.63, 3.8) is 0 Å². The zero-order chi connectivity index (χ0) is 32.4. The van der Waals surface area contributed by atoms with Gasteiger partial charge in [0.05, 0.1) is 5.69 Å². The number of hydrogen-bond donors (Lipinski definition) is 4. The summed E-state index contributed by atoms with van der Waals surface area (Å²) in [6.07, 6.45) is -1.90. The summed E-state index contributed by atoms with van der Waals surface area (Å²) in [5.41, 5.74) is 10.6. The van der Waals surface area contributed by atoms with E-state index in [0.717, 1.165) is 16.0 Å². The molecule has 0 unspecified atom stereocenters. The topological polar surface area (TPSA) is 131 Å². The second-order valence-electron chi connectivity index (χ2n) is 10.4. The van der Waals surface area contributed by atoms with Crippen LogP contribution in [-0.2, 0) is 6.42 Å². The molecular formula is C31H35F3N8O2S. The lowest BCUT2D eigenvalue weighted by molar-refractivity contribution is -0.274. The monoisotopic (exact) mass is 640 g/mol. The quantitative estimate of drug-likeness (QED) is 0.0640. The van der Waals surface area contributed by atoms with Crippen molar-refractivity contribution in [1.82, 2.24) is 30.1 Å². The van der Waals surface area contributed by atoms with E-state index in [1.165, 1.54) is 58.3 Å². The maximum Gasteiger partial charge on any atom is 0.573 e. The van der Waals surface area contributed by atoms with Crippen LogP contribution >= 0.6 is 11.9 Å². The first-order valence-electron chi connectivity index (χ1n) is 14.2. The smallest absolute Gasteiger partial charge is 0.406 e. The molecule has 0 spiro atoms. The molecule has 3 aromatic carbocycles. The zero-order valence-electron chi connectivity index (χ0n) is 25.1. The molecule has 10 nitrogen and oxygen atoms in total. The summed E-state index contributed by atoms with van der Waals surface area (Å²) in [6, 6.07) is 18.9. The molecule has 0 radical (unpaired) electrons. The summed E-state index contributed by atoms with van der Waals surface area (Å²) >= 11 is 1.48. The Kier molecular flexibility index (Phi) is 11.4. The van der Waals surface area contributed by atoms with Crippen LogP contribution in [0.1, 0.15) is 42.9 Å². The summed E-state index contributed by atoms with van der Waals surface area (Å²) in [5, 5.41) is 9.75. The molecular weight excluding hydrogens is 605 g/mol. The number of amides is 2. The lowest BCUT2D eigenvalue weighted by atomic mass is 10.0. The highest BCUT2D eigenvalue weighted by molar-refractivity contribution is 7.97. The Morgan fingerprint density at radius 2 is 1.89 bits per heavy atom. The number of aryl methyl sites for hydroxylation is 2. The average molecular weight is 641 g/mol. The highest BCUT2D eigenvalue weighted by atomic mass is 32.2. The summed E-state index contributed by atoms with van der Waals surface area (Å²) in [7, 11) is 0. The Bertz CT molecular complexity index is 1610. The minimum absolute atomic E-state index is 0.0131. The van der Waals surface area contributed by atoms with Gasteiger partial charge in [-0.2, -0.15) is 0 Å². The van der Waals surface area contributed by atoms with Crippen LogP contribution in [0.4, 0.5) is 18.0 Å². The van der Waals surface area contributed by atoms with Crippen LogP contribution < -0.4 is 25.8 Å². The van der Waals surface area contributed by atoms with Gasteiger partial charge in [0.25, 0.3) is 0 Å². The normalized spacial score (nSPS) is 11.9. The molecule has 1 aromatic heterocycles. The van der Waals surface area contributed by atoms with E-state index >= 15 is 0 Å². The second-order valence-corrected chi connectivity index (χ2v) is 11.3. The lowest BCUT2D eigenvalue weighted by Crippen LogP contribution is -2.44. The number of nitrogens with one attached hydrogen (secondary N) is 3. The van der Waals surface area contributed by atoms with Crippen LogP contribution in [0.3, 0.4) is 0 Å². The number of carbonyl (C=O) groups is 1. The molecule has 0 saturated carbocycles. The number of rotatable bonds is 12. The molecule has 0 bridgehead atoms. The van der Waals surface area contributed by atoms with Crippen molar-refractivity contribution in [1.29, 1.82) is 0 Å². The van der Waals surface area contributed by atoms with Crippen LogP contribution in [0.15, 0.2) is 82.9 Å². The third-order valence-electron chi connectivity index (χ3n) is 6.47. The minimum Gasteiger partial charge on any atom is -0.406 e. The Morgan fingerprint density at radius 1 is 1.11 bits per heavy atom. The van der Waals surface area contributed by atoms with Crippen molar-refractivity contribution in [2.75, 3.05) is 13.2 Å². The minimum atomic E-state index is -4.75. The number of aromatic nitrogens is 3. The van der Waals surface area contributed by atoms with Crippen LogP contribution in [0.2, 0.25) is 0 Å². The highest BCUT2D eigenvalue weighted by Crippen LogP contribution is 2.28. The summed E-state index contributed by atoms with van der Waals surface area (Å²) in [6.45, 7) is 7.00. The van der Waals surface area contributed by atoms with Gasteiger partial charge in [-0.3, -0.25) is 5.32 Å². The Hall–Kier alpha value is -4.56. The van der Waals surface area contributed by atoms with Gasteiger partial charge in [0.1, 0.15) is 18.7 Å². The number of nitrogens with zero attached hydrogens (tertiary/aromatic N) is 4. The first-order chi connectivity index (χ1) is 21.5. The second kappa shape index (κ2) is 15.4. The predicted molar refractivity (Wildman–Crippen MR) is 169 cm³/mol. The number of ether oxygens (including phenoxy) is 1. The van der Waals surface area contributed by atoms with Crippen LogP contribution in [0.5, 0.6) is 5.75 Å². The van der Waals surface area contributed by atoms with Crippen molar-refractivity contribution in [2.24, 2.45) is 10.7 Å². The lowest BCUT2D eigenvalue weighted by Gasteiger charge is -2.13. The first kappa shape index (κ1) is 33.3. The number of halogens is 3. The standard InChI is InChI=1S/C31H35F3N8O2S/c1-20(2)26-14-9-21(3)16-27(26)45-39-18-37-29(35)40-30(43)36-15-5-7-22-6-4-8-23(17-22)28-38-19-42(41-28)24-10-12-25(13-11-24)44-31(32,33)34/h4,6,8-14,16-17,19-20,39H,5,7,15,18H2,1-3H3,(H4,35,36,37,40,43). The molecule has 2 amide bonds. The van der Waals surface area contributed by atoms with Crippen LogP contribution in [0.25, 0.3) is 17.1 Å². The van der Waals surface area contributed by atoms with E-state index in [0.29, 0.717) is 36.8 Å². The van der Waals surface area contributed by atoms with Gasteiger partial charge in [-0.15, -0.1) is 18.3 Å². The number of carbonyl (C=O) groups excluding carboxylic acids is 1. The maximum atomic E-state index is 12.4. The summed E-state index contributed by atoms with van der Waals surface area (Å²) in [5.74, 6) is 0.557. The predicted octanol–water partition coefficient (Wildman–Crippen LogP) is 6.07. The van der Waals surface area contributed by atoms with Crippen molar-refractivity contribution in [2.45, 2.75) is 50.8 Å². The molecule has 1 heterocycles. The van der Waals surface area contributed by atoms with Gasteiger partial charge < -0.3 is 15.8 Å². The van der Waals surface area contributed by atoms with E-state index in [2.05, 4.69) is 74.1 Å². The average Bonchev–Trinajstić information content (AvgIpc) is 3.48. The fourth-order valence-electron chi connectivity index (χ4n) is 4.32. The summed E-state index contributed by atoms with van der Waals surface area (Å²) in [4.78, 5) is 21.9. The van der Waals surface area contributed by atoms with Crippen molar-refractivity contribution >= 4 is 23.9 Å². The number of aliphatic imine (C=N–C) groups is 1. The van der Waals surface area contributed by atoms with Crippen LogP contribution in [-0.4, -0.2) is 46.3 Å². The van der Waals surface area contributed by atoms with E-state index in [-0.39, 0.29) is 18.4 Å². The molecule has 0 atom stereocenters. The largest absolute Gasteiger partial charge is 0.573 e. The van der Waals surface area contributed by atoms with Gasteiger partial charge in [0.15, 0.2) is 11.8 Å². The molecule has 0 aliphatic heterocycles. The van der Waals surface area contributed by atoms with Gasteiger partial charge in [-0.05, 0) is 90.7 Å². The molecule has 0 fully saturated rings. The molecule has 0 aliphatic rings.